The molecule has 1 saturated heterocycles. The smallest absolute Gasteiger partial charge is 0.238 e. The first kappa shape index (κ1) is 19.8. The molecule has 4 nitrogen and oxygen atoms in total. The number of aryl methyl sites for hydroxylation is 1. The van der Waals surface area contributed by atoms with Crippen molar-refractivity contribution in [1.29, 1.82) is 0 Å². The summed E-state index contributed by atoms with van der Waals surface area (Å²) in [7, 11) is 0. The largest absolute Gasteiger partial charge is 0.325 e. The Bertz CT molecular complexity index is 791. The minimum atomic E-state index is -0.316. The Hall–Kier alpha value is -1.95. The highest BCUT2D eigenvalue weighted by Crippen LogP contribution is 2.20. The Morgan fingerprint density at radius 2 is 1.78 bits per heavy atom. The molecule has 0 saturated carbocycles. The molecule has 6 heteroatoms. The van der Waals surface area contributed by atoms with Gasteiger partial charge in [0.25, 0.3) is 0 Å². The summed E-state index contributed by atoms with van der Waals surface area (Å²) in [6, 6.07) is 12.4. The standard InChI is InChI=1S/C21H25ClFN3O/c1-2-16-5-3-4-6-20(16)24-21(27)15-26-11-9-25(10-12-26)14-17-7-8-18(23)13-19(17)22/h3-8,13H,2,9-12,14-15H2,1H3,(H,24,27). The molecule has 1 amide bonds. The van der Waals surface area contributed by atoms with Crippen LogP contribution in [0.1, 0.15) is 18.1 Å². The summed E-state index contributed by atoms with van der Waals surface area (Å²) >= 11 is 6.12. The number of halogens is 2. The Labute approximate surface area is 164 Å². The van der Waals surface area contributed by atoms with Crippen LogP contribution in [-0.2, 0) is 17.8 Å². The van der Waals surface area contributed by atoms with Gasteiger partial charge in [0.2, 0.25) is 5.91 Å². The zero-order chi connectivity index (χ0) is 19.2. The van der Waals surface area contributed by atoms with Crippen LogP contribution in [-0.4, -0.2) is 48.4 Å². The van der Waals surface area contributed by atoms with Crippen LogP contribution >= 0.6 is 11.6 Å². The van der Waals surface area contributed by atoms with Crippen molar-refractivity contribution in [2.45, 2.75) is 19.9 Å². The summed E-state index contributed by atoms with van der Waals surface area (Å²) in [6.45, 7) is 6.52. The van der Waals surface area contributed by atoms with Crippen LogP contribution in [0.4, 0.5) is 10.1 Å². The van der Waals surface area contributed by atoms with E-state index in [0.717, 1.165) is 49.4 Å². The average Bonchev–Trinajstić information content (AvgIpc) is 2.66. The minimum Gasteiger partial charge on any atom is -0.325 e. The summed E-state index contributed by atoms with van der Waals surface area (Å²) in [5, 5.41) is 3.49. The first-order valence-electron chi connectivity index (χ1n) is 9.31. The summed E-state index contributed by atoms with van der Waals surface area (Å²) in [5.41, 5.74) is 2.97. The molecule has 0 radical (unpaired) electrons. The molecular formula is C21H25ClFN3O. The van der Waals surface area contributed by atoms with E-state index in [9.17, 15) is 9.18 Å². The monoisotopic (exact) mass is 389 g/mol. The average molecular weight is 390 g/mol. The first-order valence-corrected chi connectivity index (χ1v) is 9.69. The number of anilines is 1. The molecule has 0 bridgehead atoms. The zero-order valence-electron chi connectivity index (χ0n) is 15.5. The third kappa shape index (κ3) is 5.51. The van der Waals surface area contributed by atoms with E-state index in [-0.39, 0.29) is 11.7 Å². The van der Waals surface area contributed by atoms with Gasteiger partial charge in [-0.25, -0.2) is 4.39 Å². The molecule has 1 fully saturated rings. The molecule has 1 heterocycles. The van der Waals surface area contributed by atoms with Crippen molar-refractivity contribution in [3.8, 4) is 0 Å². The molecule has 144 valence electrons. The number of rotatable bonds is 6. The second-order valence-electron chi connectivity index (χ2n) is 6.85. The van der Waals surface area contributed by atoms with Crippen LogP contribution in [0.3, 0.4) is 0 Å². The van der Waals surface area contributed by atoms with Gasteiger partial charge in [-0.3, -0.25) is 14.6 Å². The van der Waals surface area contributed by atoms with Crippen LogP contribution < -0.4 is 5.32 Å². The van der Waals surface area contributed by atoms with Gasteiger partial charge in [-0.1, -0.05) is 42.8 Å². The second kappa shape index (κ2) is 9.31. The maximum Gasteiger partial charge on any atom is 0.238 e. The lowest BCUT2D eigenvalue weighted by Gasteiger charge is -2.34. The number of para-hydroxylation sites is 1. The third-order valence-corrected chi connectivity index (χ3v) is 5.27. The quantitative estimate of drug-likeness (QED) is 0.816. The van der Waals surface area contributed by atoms with Crippen LogP contribution in [0.25, 0.3) is 0 Å². The number of hydrogen-bond donors (Lipinski definition) is 1. The summed E-state index contributed by atoms with van der Waals surface area (Å²) < 4.78 is 13.2. The zero-order valence-corrected chi connectivity index (χ0v) is 16.3. The predicted molar refractivity (Wildman–Crippen MR) is 108 cm³/mol. The van der Waals surface area contributed by atoms with Crippen LogP contribution in [0.2, 0.25) is 5.02 Å². The van der Waals surface area contributed by atoms with E-state index in [1.807, 2.05) is 24.3 Å². The van der Waals surface area contributed by atoms with E-state index in [1.165, 1.54) is 12.1 Å². The Balaban J connectivity index is 1.47. The SMILES string of the molecule is CCc1ccccc1NC(=O)CN1CCN(Cc2ccc(F)cc2Cl)CC1. The van der Waals surface area contributed by atoms with Gasteiger partial charge < -0.3 is 5.32 Å². The lowest BCUT2D eigenvalue weighted by molar-refractivity contribution is -0.117. The Kier molecular flexibility index (Phi) is 6.83. The van der Waals surface area contributed by atoms with Gasteiger partial charge >= 0.3 is 0 Å². The lowest BCUT2D eigenvalue weighted by Crippen LogP contribution is -2.48. The first-order chi connectivity index (χ1) is 13.0. The van der Waals surface area contributed by atoms with E-state index in [4.69, 9.17) is 11.6 Å². The predicted octanol–water partition coefficient (Wildman–Crippen LogP) is 3.80. The van der Waals surface area contributed by atoms with Crippen molar-refractivity contribution in [2.75, 3.05) is 38.0 Å². The number of amides is 1. The number of benzene rings is 2. The van der Waals surface area contributed by atoms with Gasteiger partial charge in [-0.05, 0) is 35.7 Å². The van der Waals surface area contributed by atoms with Crippen LogP contribution in [0.15, 0.2) is 42.5 Å². The normalized spacial score (nSPS) is 15.7. The molecule has 0 unspecified atom stereocenters. The third-order valence-electron chi connectivity index (χ3n) is 4.91. The maximum atomic E-state index is 13.2. The van der Waals surface area contributed by atoms with Gasteiger partial charge in [0, 0.05) is 43.4 Å². The van der Waals surface area contributed by atoms with Crippen molar-refractivity contribution in [3.63, 3.8) is 0 Å². The summed E-state index contributed by atoms with van der Waals surface area (Å²) in [6.07, 6.45) is 0.890. The highest BCUT2D eigenvalue weighted by atomic mass is 35.5. The number of piperazine rings is 1. The second-order valence-corrected chi connectivity index (χ2v) is 7.25. The molecular weight excluding hydrogens is 365 g/mol. The van der Waals surface area contributed by atoms with Crippen molar-refractivity contribution in [1.82, 2.24) is 9.80 Å². The van der Waals surface area contributed by atoms with Crippen molar-refractivity contribution >= 4 is 23.2 Å². The number of nitrogens with zero attached hydrogens (tertiary/aromatic N) is 2. The molecule has 2 aromatic rings. The molecule has 3 rings (SSSR count). The van der Waals surface area contributed by atoms with Crippen molar-refractivity contribution in [3.05, 3.63) is 64.4 Å². The molecule has 1 aliphatic heterocycles. The van der Waals surface area contributed by atoms with Gasteiger partial charge in [0.15, 0.2) is 0 Å². The molecule has 0 aliphatic carbocycles. The molecule has 1 N–H and O–H groups in total. The van der Waals surface area contributed by atoms with Crippen LogP contribution in [0, 0.1) is 5.82 Å². The number of nitrogens with one attached hydrogen (secondary N) is 1. The molecule has 27 heavy (non-hydrogen) atoms. The fourth-order valence-corrected chi connectivity index (χ4v) is 3.57. The minimum absolute atomic E-state index is 0.0194. The van der Waals surface area contributed by atoms with E-state index >= 15 is 0 Å². The van der Waals surface area contributed by atoms with E-state index in [2.05, 4.69) is 22.0 Å². The fraction of sp³-hybridized carbons (Fsp3) is 0.381. The van der Waals surface area contributed by atoms with Gasteiger partial charge in [-0.15, -0.1) is 0 Å². The van der Waals surface area contributed by atoms with E-state index in [0.29, 0.717) is 18.1 Å². The lowest BCUT2D eigenvalue weighted by atomic mass is 10.1. The topological polar surface area (TPSA) is 35.6 Å². The molecule has 0 spiro atoms. The highest BCUT2D eigenvalue weighted by molar-refractivity contribution is 6.31. The van der Waals surface area contributed by atoms with E-state index < -0.39 is 0 Å². The molecule has 0 atom stereocenters. The van der Waals surface area contributed by atoms with Gasteiger partial charge in [-0.2, -0.15) is 0 Å². The highest BCUT2D eigenvalue weighted by Gasteiger charge is 2.20. The van der Waals surface area contributed by atoms with Crippen molar-refractivity contribution < 1.29 is 9.18 Å². The number of hydrogen-bond acceptors (Lipinski definition) is 3. The summed E-state index contributed by atoms with van der Waals surface area (Å²) in [5.74, 6) is -0.296. The summed E-state index contributed by atoms with van der Waals surface area (Å²) in [4.78, 5) is 16.8. The molecule has 0 aromatic heterocycles. The Morgan fingerprint density at radius 3 is 2.48 bits per heavy atom. The molecule has 1 aliphatic rings. The molecule has 2 aromatic carbocycles. The van der Waals surface area contributed by atoms with Gasteiger partial charge in [0.1, 0.15) is 5.82 Å². The number of carbonyl (C=O) groups is 1. The fourth-order valence-electron chi connectivity index (χ4n) is 3.34. The van der Waals surface area contributed by atoms with Gasteiger partial charge in [0.05, 0.1) is 6.54 Å². The van der Waals surface area contributed by atoms with Crippen molar-refractivity contribution in [2.24, 2.45) is 0 Å². The maximum absolute atomic E-state index is 13.2. The Morgan fingerprint density at radius 1 is 1.07 bits per heavy atom. The number of carbonyl (C=O) groups excluding carboxylic acids is 1. The van der Waals surface area contributed by atoms with Crippen LogP contribution in [0.5, 0.6) is 0 Å². The van der Waals surface area contributed by atoms with E-state index in [1.54, 1.807) is 6.07 Å².